The largest absolute Gasteiger partial charge is 0.454 e. The van der Waals surface area contributed by atoms with E-state index in [0.29, 0.717) is 17.7 Å². The standard InChI is InChI=1S/C24H21NO5/c1-15-7-5-12-19-21(15)23(28)25(22(19)27)18-11-6-10-17(13-18)24(29)30-14-20(26)16-8-3-2-4-9-16/h2-11,13,15,19,21H,12,14H2,1H3/t15-,19-,21+/m1/s1. The van der Waals surface area contributed by atoms with Crippen LogP contribution in [0, 0.1) is 17.8 Å². The number of amides is 2. The molecule has 0 unspecified atom stereocenters. The van der Waals surface area contributed by atoms with Gasteiger partial charge in [0.05, 0.1) is 23.1 Å². The zero-order valence-corrected chi connectivity index (χ0v) is 16.5. The minimum atomic E-state index is -0.687. The first-order chi connectivity index (χ1) is 14.5. The SMILES string of the molecule is C[C@@H]1C=CC[C@H]2C(=O)N(c3cccc(C(=O)OCC(=O)c4ccccc4)c3)C(=O)[C@@H]12. The number of esters is 1. The average molecular weight is 403 g/mol. The van der Waals surface area contributed by atoms with E-state index in [1.807, 2.05) is 19.1 Å². The number of allylic oxidation sites excluding steroid dienone is 2. The second kappa shape index (κ2) is 8.06. The average Bonchev–Trinajstić information content (AvgIpc) is 3.03. The minimum Gasteiger partial charge on any atom is -0.454 e. The molecule has 0 bridgehead atoms. The van der Waals surface area contributed by atoms with Crippen LogP contribution in [-0.2, 0) is 14.3 Å². The first-order valence-corrected chi connectivity index (χ1v) is 9.87. The van der Waals surface area contributed by atoms with E-state index < -0.39 is 5.97 Å². The second-order valence-electron chi connectivity index (χ2n) is 7.58. The van der Waals surface area contributed by atoms with Crippen molar-refractivity contribution in [1.29, 1.82) is 0 Å². The molecule has 30 heavy (non-hydrogen) atoms. The van der Waals surface area contributed by atoms with Crippen molar-refractivity contribution in [3.05, 3.63) is 77.9 Å². The Kier molecular flexibility index (Phi) is 5.31. The van der Waals surface area contributed by atoms with Crippen LogP contribution in [0.15, 0.2) is 66.7 Å². The number of benzene rings is 2. The maximum absolute atomic E-state index is 12.9. The number of ketones is 1. The van der Waals surface area contributed by atoms with Crippen LogP contribution in [0.5, 0.6) is 0 Å². The van der Waals surface area contributed by atoms with Gasteiger partial charge in [-0.05, 0) is 30.5 Å². The van der Waals surface area contributed by atoms with Crippen LogP contribution < -0.4 is 4.90 Å². The molecule has 4 rings (SSSR count). The lowest BCUT2D eigenvalue weighted by molar-refractivity contribution is -0.122. The summed E-state index contributed by atoms with van der Waals surface area (Å²) >= 11 is 0. The number of hydrogen-bond acceptors (Lipinski definition) is 5. The van der Waals surface area contributed by atoms with Gasteiger partial charge in [-0.25, -0.2) is 4.79 Å². The molecule has 3 atom stereocenters. The molecule has 1 aliphatic carbocycles. The van der Waals surface area contributed by atoms with Crippen LogP contribution in [0.2, 0.25) is 0 Å². The molecule has 0 saturated carbocycles. The molecule has 1 saturated heterocycles. The number of nitrogens with zero attached hydrogens (tertiary/aromatic N) is 1. The summed E-state index contributed by atoms with van der Waals surface area (Å²) in [6.45, 7) is 1.54. The number of ether oxygens (including phenoxy) is 1. The van der Waals surface area contributed by atoms with Crippen molar-refractivity contribution in [1.82, 2.24) is 0 Å². The summed E-state index contributed by atoms with van der Waals surface area (Å²) in [6.07, 6.45) is 4.45. The Morgan fingerprint density at radius 1 is 1.00 bits per heavy atom. The second-order valence-corrected chi connectivity index (χ2v) is 7.58. The summed E-state index contributed by atoms with van der Waals surface area (Å²) in [7, 11) is 0. The lowest BCUT2D eigenvalue weighted by atomic mass is 9.78. The third-order valence-electron chi connectivity index (χ3n) is 5.64. The molecule has 2 aliphatic rings. The Morgan fingerprint density at radius 2 is 1.73 bits per heavy atom. The monoisotopic (exact) mass is 403 g/mol. The first kappa shape index (κ1) is 19.8. The third kappa shape index (κ3) is 3.56. The Balaban J connectivity index is 1.49. The van der Waals surface area contributed by atoms with E-state index in [1.54, 1.807) is 42.5 Å². The van der Waals surface area contributed by atoms with E-state index in [1.165, 1.54) is 17.0 Å². The van der Waals surface area contributed by atoms with Crippen molar-refractivity contribution in [2.45, 2.75) is 13.3 Å². The van der Waals surface area contributed by atoms with Crippen molar-refractivity contribution in [2.24, 2.45) is 17.8 Å². The highest BCUT2D eigenvalue weighted by Crippen LogP contribution is 2.40. The molecule has 0 radical (unpaired) electrons. The van der Waals surface area contributed by atoms with E-state index in [2.05, 4.69) is 0 Å². The van der Waals surface area contributed by atoms with Crippen LogP contribution in [0.25, 0.3) is 0 Å². The fourth-order valence-corrected chi connectivity index (χ4v) is 4.10. The Bertz CT molecular complexity index is 1040. The zero-order chi connectivity index (χ0) is 21.3. The number of carbonyl (C=O) groups excluding carboxylic acids is 4. The summed E-state index contributed by atoms with van der Waals surface area (Å²) in [4.78, 5) is 51.5. The fraction of sp³-hybridized carbons (Fsp3) is 0.250. The van der Waals surface area contributed by atoms with Gasteiger partial charge in [0, 0.05) is 5.56 Å². The molecule has 6 heteroatoms. The Hall–Kier alpha value is -3.54. The summed E-state index contributed by atoms with van der Waals surface area (Å²) in [6, 6.07) is 14.8. The molecule has 0 N–H and O–H groups in total. The predicted octanol–water partition coefficient (Wildman–Crippen LogP) is 3.43. The van der Waals surface area contributed by atoms with E-state index in [9.17, 15) is 19.2 Å². The normalized spacial score (nSPS) is 22.7. The van der Waals surface area contributed by atoms with Crippen LogP contribution >= 0.6 is 0 Å². The molecule has 1 aliphatic heterocycles. The first-order valence-electron chi connectivity index (χ1n) is 9.87. The van der Waals surface area contributed by atoms with Gasteiger partial charge in [0.2, 0.25) is 11.8 Å². The van der Waals surface area contributed by atoms with Gasteiger partial charge >= 0.3 is 5.97 Å². The molecule has 2 amide bonds. The van der Waals surface area contributed by atoms with Gasteiger partial charge in [0.25, 0.3) is 0 Å². The highest BCUT2D eigenvalue weighted by atomic mass is 16.5. The van der Waals surface area contributed by atoms with Crippen molar-refractivity contribution in [3.63, 3.8) is 0 Å². The van der Waals surface area contributed by atoms with Gasteiger partial charge in [-0.1, -0.05) is 55.5 Å². The number of carbonyl (C=O) groups is 4. The summed E-state index contributed by atoms with van der Waals surface area (Å²) in [5, 5.41) is 0. The van der Waals surface area contributed by atoms with Crippen molar-refractivity contribution in [3.8, 4) is 0 Å². The Morgan fingerprint density at radius 3 is 2.47 bits per heavy atom. The fourth-order valence-electron chi connectivity index (χ4n) is 4.10. The molecule has 2 aromatic carbocycles. The van der Waals surface area contributed by atoms with Gasteiger partial charge in [0.1, 0.15) is 0 Å². The maximum atomic E-state index is 12.9. The van der Waals surface area contributed by atoms with Crippen molar-refractivity contribution in [2.75, 3.05) is 11.5 Å². The number of Topliss-reactive ketones (excluding diaryl/α,β-unsaturated/α-hetero) is 1. The smallest absolute Gasteiger partial charge is 0.338 e. The molecular formula is C24H21NO5. The van der Waals surface area contributed by atoms with Crippen LogP contribution in [-0.4, -0.2) is 30.2 Å². The maximum Gasteiger partial charge on any atom is 0.338 e. The number of fused-ring (bicyclic) bond motifs is 1. The molecule has 152 valence electrons. The summed E-state index contributed by atoms with van der Waals surface area (Å²) < 4.78 is 5.14. The van der Waals surface area contributed by atoms with Gasteiger partial charge < -0.3 is 4.74 Å². The Labute approximate surface area is 174 Å². The summed E-state index contributed by atoms with van der Waals surface area (Å²) in [5.41, 5.74) is 0.975. The topological polar surface area (TPSA) is 80.8 Å². The van der Waals surface area contributed by atoms with Gasteiger partial charge in [-0.15, -0.1) is 0 Å². The van der Waals surface area contributed by atoms with Gasteiger partial charge in [-0.2, -0.15) is 0 Å². The molecule has 0 spiro atoms. The van der Waals surface area contributed by atoms with Gasteiger partial charge in [-0.3, -0.25) is 19.3 Å². The third-order valence-corrected chi connectivity index (χ3v) is 5.64. The molecule has 1 heterocycles. The van der Waals surface area contributed by atoms with E-state index in [4.69, 9.17) is 4.74 Å². The quantitative estimate of drug-likeness (QED) is 0.331. The summed E-state index contributed by atoms with van der Waals surface area (Å²) in [5.74, 6) is -2.23. The number of imide groups is 1. The van der Waals surface area contributed by atoms with E-state index in [0.717, 1.165) is 0 Å². The molecule has 1 fully saturated rings. The van der Waals surface area contributed by atoms with E-state index in [-0.39, 0.29) is 47.5 Å². The lowest BCUT2D eigenvalue weighted by Crippen LogP contribution is -2.31. The van der Waals surface area contributed by atoms with Crippen molar-refractivity contribution >= 4 is 29.3 Å². The molecule has 0 aromatic heterocycles. The van der Waals surface area contributed by atoms with Gasteiger partial charge in [0.15, 0.2) is 12.4 Å². The number of rotatable bonds is 5. The molecular weight excluding hydrogens is 382 g/mol. The lowest BCUT2D eigenvalue weighted by Gasteiger charge is -2.22. The van der Waals surface area contributed by atoms with Crippen LogP contribution in [0.1, 0.15) is 34.1 Å². The zero-order valence-electron chi connectivity index (χ0n) is 16.5. The van der Waals surface area contributed by atoms with Crippen LogP contribution in [0.4, 0.5) is 5.69 Å². The van der Waals surface area contributed by atoms with E-state index >= 15 is 0 Å². The van der Waals surface area contributed by atoms with Crippen LogP contribution in [0.3, 0.4) is 0 Å². The molecule has 2 aromatic rings. The number of hydrogen-bond donors (Lipinski definition) is 0. The highest BCUT2D eigenvalue weighted by Gasteiger charge is 2.50. The minimum absolute atomic E-state index is 0.0117. The predicted molar refractivity (Wildman–Crippen MR) is 110 cm³/mol. The highest BCUT2D eigenvalue weighted by molar-refractivity contribution is 6.22. The molecule has 6 nitrogen and oxygen atoms in total. The van der Waals surface area contributed by atoms with Crippen molar-refractivity contribution < 1.29 is 23.9 Å². The number of anilines is 1.